The molecule has 0 atom stereocenters. The molecule has 1 aromatic carbocycles. The van der Waals surface area contributed by atoms with Crippen molar-refractivity contribution < 1.29 is 0 Å². The molecule has 0 bridgehead atoms. The van der Waals surface area contributed by atoms with Gasteiger partial charge in [-0.25, -0.2) is 0 Å². The summed E-state index contributed by atoms with van der Waals surface area (Å²) in [6, 6.07) is 3.97. The largest absolute Gasteiger partial charge is 0.326 e. The average Bonchev–Trinajstić information content (AvgIpc) is 1.96. The summed E-state index contributed by atoms with van der Waals surface area (Å²) in [5, 5.41) is 0.720. The highest BCUT2D eigenvalue weighted by atomic mass is 79.9. The van der Waals surface area contributed by atoms with Gasteiger partial charge in [-0.05, 0) is 40.0 Å². The van der Waals surface area contributed by atoms with E-state index in [0.717, 1.165) is 15.1 Å². The number of rotatable bonds is 1. The van der Waals surface area contributed by atoms with Crippen molar-refractivity contribution in [2.24, 2.45) is 5.73 Å². The molecule has 0 saturated carbocycles. The summed E-state index contributed by atoms with van der Waals surface area (Å²) in [6.07, 6.45) is 0. The summed E-state index contributed by atoms with van der Waals surface area (Å²) in [5.41, 5.74) is 7.64. The quantitative estimate of drug-likeness (QED) is 0.794. The molecule has 2 N–H and O–H groups in total. The second-order valence-electron chi connectivity index (χ2n) is 2.42. The van der Waals surface area contributed by atoms with Gasteiger partial charge in [0.15, 0.2) is 0 Å². The zero-order valence-electron chi connectivity index (χ0n) is 6.20. The van der Waals surface area contributed by atoms with Gasteiger partial charge in [0, 0.05) is 11.0 Å². The number of hydrogen-bond donors (Lipinski definition) is 1. The van der Waals surface area contributed by atoms with E-state index in [2.05, 4.69) is 15.9 Å². The molecular weight excluding hydrogens is 225 g/mol. The van der Waals surface area contributed by atoms with Gasteiger partial charge >= 0.3 is 0 Å². The lowest BCUT2D eigenvalue weighted by molar-refractivity contribution is 1.06. The summed E-state index contributed by atoms with van der Waals surface area (Å²) in [4.78, 5) is 0. The van der Waals surface area contributed by atoms with E-state index >= 15 is 0 Å². The van der Waals surface area contributed by atoms with Gasteiger partial charge in [0.1, 0.15) is 0 Å². The first-order valence-electron chi connectivity index (χ1n) is 3.29. The normalized spacial score (nSPS) is 10.2. The lowest BCUT2D eigenvalue weighted by Gasteiger charge is -2.04. The highest BCUT2D eigenvalue weighted by Gasteiger charge is 2.02. The van der Waals surface area contributed by atoms with Crippen molar-refractivity contribution in [1.29, 1.82) is 0 Å². The second kappa shape index (κ2) is 3.57. The zero-order chi connectivity index (χ0) is 8.43. The predicted octanol–water partition coefficient (Wildman–Crippen LogP) is 2.87. The van der Waals surface area contributed by atoms with Crippen LogP contribution in [0.4, 0.5) is 0 Å². The second-order valence-corrected chi connectivity index (χ2v) is 3.66. The Kier molecular flexibility index (Phi) is 2.93. The fourth-order valence-corrected chi connectivity index (χ4v) is 1.75. The Bertz CT molecular complexity index is 273. The van der Waals surface area contributed by atoms with Crippen molar-refractivity contribution in [3.63, 3.8) is 0 Å². The van der Waals surface area contributed by atoms with Gasteiger partial charge in [0.2, 0.25) is 0 Å². The average molecular weight is 235 g/mol. The van der Waals surface area contributed by atoms with Crippen LogP contribution in [-0.4, -0.2) is 0 Å². The third-order valence-corrected chi connectivity index (χ3v) is 2.77. The fourth-order valence-electron chi connectivity index (χ4n) is 0.945. The predicted molar refractivity (Wildman–Crippen MR) is 51.8 cm³/mol. The number of halogens is 2. The van der Waals surface area contributed by atoms with Crippen molar-refractivity contribution in [1.82, 2.24) is 0 Å². The number of nitrogens with two attached hydrogens (primary N) is 1. The van der Waals surface area contributed by atoms with Crippen LogP contribution in [0.5, 0.6) is 0 Å². The molecule has 0 saturated heterocycles. The molecule has 3 heteroatoms. The summed E-state index contributed by atoms with van der Waals surface area (Å²) in [5.74, 6) is 0. The van der Waals surface area contributed by atoms with Crippen LogP contribution in [0.25, 0.3) is 0 Å². The standard InChI is InChI=1S/C8H9BrClN/c1-5-2-6(4-11)8(10)7(9)3-5/h2-3H,4,11H2,1H3. The van der Waals surface area contributed by atoms with Crippen LogP contribution in [-0.2, 0) is 6.54 Å². The first-order chi connectivity index (χ1) is 5.15. The number of aryl methyl sites for hydroxylation is 1. The summed E-state index contributed by atoms with van der Waals surface area (Å²) < 4.78 is 0.916. The van der Waals surface area contributed by atoms with Gasteiger partial charge in [-0.2, -0.15) is 0 Å². The van der Waals surface area contributed by atoms with Gasteiger partial charge in [-0.3, -0.25) is 0 Å². The molecule has 0 fully saturated rings. The van der Waals surface area contributed by atoms with E-state index < -0.39 is 0 Å². The summed E-state index contributed by atoms with van der Waals surface area (Å²) >= 11 is 9.29. The molecule has 60 valence electrons. The van der Waals surface area contributed by atoms with Crippen LogP contribution < -0.4 is 5.73 Å². The van der Waals surface area contributed by atoms with E-state index in [1.165, 1.54) is 5.56 Å². The molecule has 0 spiro atoms. The maximum atomic E-state index is 5.94. The van der Waals surface area contributed by atoms with E-state index in [1.807, 2.05) is 19.1 Å². The van der Waals surface area contributed by atoms with Crippen LogP contribution in [0, 0.1) is 6.92 Å². The molecule has 1 rings (SSSR count). The Balaban J connectivity index is 3.24. The van der Waals surface area contributed by atoms with Crippen molar-refractivity contribution in [3.8, 4) is 0 Å². The van der Waals surface area contributed by atoms with E-state index in [-0.39, 0.29) is 0 Å². The summed E-state index contributed by atoms with van der Waals surface area (Å²) in [7, 11) is 0. The van der Waals surface area contributed by atoms with Crippen LogP contribution >= 0.6 is 27.5 Å². The van der Waals surface area contributed by atoms with Gasteiger partial charge in [0.25, 0.3) is 0 Å². The highest BCUT2D eigenvalue weighted by molar-refractivity contribution is 9.10. The Hall–Kier alpha value is -0.0500. The molecule has 0 aliphatic rings. The maximum Gasteiger partial charge on any atom is 0.0593 e. The lowest BCUT2D eigenvalue weighted by Crippen LogP contribution is -1.97. The molecule has 0 aliphatic carbocycles. The Morgan fingerprint density at radius 3 is 2.73 bits per heavy atom. The van der Waals surface area contributed by atoms with E-state index in [4.69, 9.17) is 17.3 Å². The Labute approximate surface area is 79.7 Å². The molecule has 0 aliphatic heterocycles. The van der Waals surface area contributed by atoms with Crippen molar-refractivity contribution >= 4 is 27.5 Å². The minimum absolute atomic E-state index is 0.485. The first-order valence-corrected chi connectivity index (χ1v) is 4.47. The van der Waals surface area contributed by atoms with Crippen LogP contribution in [0.1, 0.15) is 11.1 Å². The fraction of sp³-hybridized carbons (Fsp3) is 0.250. The van der Waals surface area contributed by atoms with E-state index in [9.17, 15) is 0 Å². The third kappa shape index (κ3) is 1.95. The highest BCUT2D eigenvalue weighted by Crippen LogP contribution is 2.27. The van der Waals surface area contributed by atoms with Crippen molar-refractivity contribution in [3.05, 3.63) is 32.8 Å². The van der Waals surface area contributed by atoms with Gasteiger partial charge in [-0.1, -0.05) is 17.7 Å². The van der Waals surface area contributed by atoms with E-state index in [0.29, 0.717) is 6.54 Å². The molecular formula is C8H9BrClN. The van der Waals surface area contributed by atoms with Crippen LogP contribution in [0.3, 0.4) is 0 Å². The Morgan fingerprint density at radius 2 is 2.18 bits per heavy atom. The topological polar surface area (TPSA) is 26.0 Å². The molecule has 0 amide bonds. The molecule has 1 nitrogen and oxygen atoms in total. The third-order valence-electron chi connectivity index (χ3n) is 1.47. The molecule has 0 aromatic heterocycles. The minimum Gasteiger partial charge on any atom is -0.326 e. The molecule has 11 heavy (non-hydrogen) atoms. The van der Waals surface area contributed by atoms with Crippen molar-refractivity contribution in [2.45, 2.75) is 13.5 Å². The number of hydrogen-bond acceptors (Lipinski definition) is 1. The minimum atomic E-state index is 0.485. The smallest absolute Gasteiger partial charge is 0.0593 e. The molecule has 0 unspecified atom stereocenters. The number of benzene rings is 1. The molecule has 1 aromatic rings. The summed E-state index contributed by atoms with van der Waals surface area (Å²) in [6.45, 7) is 2.50. The van der Waals surface area contributed by atoms with Crippen molar-refractivity contribution in [2.75, 3.05) is 0 Å². The van der Waals surface area contributed by atoms with Crippen LogP contribution in [0.15, 0.2) is 16.6 Å². The monoisotopic (exact) mass is 233 g/mol. The van der Waals surface area contributed by atoms with E-state index in [1.54, 1.807) is 0 Å². The first kappa shape index (κ1) is 9.04. The van der Waals surface area contributed by atoms with Crippen LogP contribution in [0.2, 0.25) is 5.02 Å². The SMILES string of the molecule is Cc1cc(Br)c(Cl)c(CN)c1. The molecule has 0 heterocycles. The van der Waals surface area contributed by atoms with Gasteiger partial charge < -0.3 is 5.73 Å². The molecule has 0 radical (unpaired) electrons. The lowest BCUT2D eigenvalue weighted by atomic mass is 10.1. The Morgan fingerprint density at radius 1 is 1.55 bits per heavy atom. The zero-order valence-corrected chi connectivity index (χ0v) is 8.54. The maximum absolute atomic E-state index is 5.94. The van der Waals surface area contributed by atoms with Gasteiger partial charge in [-0.15, -0.1) is 0 Å². The van der Waals surface area contributed by atoms with Gasteiger partial charge in [0.05, 0.1) is 5.02 Å².